The quantitative estimate of drug-likeness (QED) is 0.691. The van der Waals surface area contributed by atoms with Gasteiger partial charge in [0.05, 0.1) is 6.61 Å². The van der Waals surface area contributed by atoms with Crippen molar-refractivity contribution in [3.63, 3.8) is 0 Å². The molecule has 2 rings (SSSR count). The third-order valence-corrected chi connectivity index (χ3v) is 2.77. The lowest BCUT2D eigenvalue weighted by atomic mass is 9.93. The average Bonchev–Trinajstić information content (AvgIpc) is 2.61. The van der Waals surface area contributed by atoms with Crippen molar-refractivity contribution < 1.29 is 5.11 Å². The Balaban J connectivity index is 2.25. The van der Waals surface area contributed by atoms with Crippen LogP contribution >= 0.6 is 0 Å². The number of rotatable bonds is 2. The molecule has 14 heavy (non-hydrogen) atoms. The number of nitrogens with two attached hydrogens (primary N) is 1. The third-order valence-electron chi connectivity index (χ3n) is 2.77. The van der Waals surface area contributed by atoms with Crippen LogP contribution in [0.4, 0.5) is 0 Å². The fourth-order valence-electron chi connectivity index (χ4n) is 2.08. The third kappa shape index (κ3) is 1.72. The molecule has 74 valence electrons. The summed E-state index contributed by atoms with van der Waals surface area (Å²) in [5.41, 5.74) is 8.15. The highest BCUT2D eigenvalue weighted by molar-refractivity contribution is 5.34. The Hall–Kier alpha value is -1.12. The molecule has 1 aliphatic carbocycles. The molecule has 2 atom stereocenters. The van der Waals surface area contributed by atoms with Gasteiger partial charge in [-0.25, -0.2) is 0 Å². The number of aliphatic hydroxyl groups excluding tert-OH is 1. The number of hydrogen-bond donors (Lipinski definition) is 2. The van der Waals surface area contributed by atoms with Crippen LogP contribution in [-0.4, -0.2) is 17.8 Å². The SMILES string of the molecule is N[C@H]1C=C(CO)[C@H](c2ccccc2)C1. The molecular formula is C12H15NO. The molecule has 0 bridgehead atoms. The first kappa shape index (κ1) is 9.44. The maximum atomic E-state index is 9.19. The molecule has 1 aromatic rings. The first-order valence-electron chi connectivity index (χ1n) is 4.93. The molecule has 1 aromatic carbocycles. The largest absolute Gasteiger partial charge is 0.392 e. The Bertz CT molecular complexity index is 331. The normalized spacial score (nSPS) is 26.3. The van der Waals surface area contributed by atoms with E-state index in [0.717, 1.165) is 12.0 Å². The second-order valence-electron chi connectivity index (χ2n) is 3.76. The zero-order valence-corrected chi connectivity index (χ0v) is 8.06. The van der Waals surface area contributed by atoms with Crippen molar-refractivity contribution in [2.45, 2.75) is 18.4 Å². The molecule has 0 fully saturated rings. The van der Waals surface area contributed by atoms with E-state index in [1.165, 1.54) is 5.56 Å². The van der Waals surface area contributed by atoms with Crippen LogP contribution in [0.1, 0.15) is 17.9 Å². The molecule has 0 heterocycles. The molecule has 3 N–H and O–H groups in total. The minimum absolute atomic E-state index is 0.0994. The van der Waals surface area contributed by atoms with E-state index in [1.54, 1.807) is 0 Å². The van der Waals surface area contributed by atoms with Gasteiger partial charge < -0.3 is 10.8 Å². The summed E-state index contributed by atoms with van der Waals surface area (Å²) in [6, 6.07) is 10.3. The van der Waals surface area contributed by atoms with Crippen molar-refractivity contribution >= 4 is 0 Å². The summed E-state index contributed by atoms with van der Waals surface area (Å²) in [6.45, 7) is 0.118. The first-order chi connectivity index (χ1) is 6.81. The molecule has 0 unspecified atom stereocenters. The van der Waals surface area contributed by atoms with Crippen LogP contribution in [0.15, 0.2) is 42.0 Å². The molecule has 0 radical (unpaired) electrons. The molecular weight excluding hydrogens is 174 g/mol. The second-order valence-corrected chi connectivity index (χ2v) is 3.76. The van der Waals surface area contributed by atoms with Gasteiger partial charge in [-0.1, -0.05) is 36.4 Å². The highest BCUT2D eigenvalue weighted by Gasteiger charge is 2.24. The molecule has 1 aliphatic rings. The Morgan fingerprint density at radius 2 is 2.00 bits per heavy atom. The van der Waals surface area contributed by atoms with Crippen molar-refractivity contribution in [3.8, 4) is 0 Å². The lowest BCUT2D eigenvalue weighted by Gasteiger charge is -2.13. The van der Waals surface area contributed by atoms with Gasteiger partial charge >= 0.3 is 0 Å². The van der Waals surface area contributed by atoms with Crippen molar-refractivity contribution in [2.24, 2.45) is 5.73 Å². The van der Waals surface area contributed by atoms with Gasteiger partial charge in [-0.15, -0.1) is 0 Å². The van der Waals surface area contributed by atoms with Gasteiger partial charge in [0.2, 0.25) is 0 Å². The average molecular weight is 189 g/mol. The van der Waals surface area contributed by atoms with E-state index >= 15 is 0 Å². The van der Waals surface area contributed by atoms with E-state index in [2.05, 4.69) is 12.1 Å². The Kier molecular flexibility index (Phi) is 2.66. The predicted octanol–water partition coefficient (Wildman–Crippen LogP) is 1.42. The lowest BCUT2D eigenvalue weighted by molar-refractivity contribution is 0.324. The standard InChI is InChI=1S/C12H15NO/c13-11-6-10(8-14)12(7-11)9-4-2-1-3-5-9/h1-6,11-12,14H,7-8,13H2/t11-,12-/m0/s1. The monoisotopic (exact) mass is 189 g/mol. The van der Waals surface area contributed by atoms with E-state index in [0.29, 0.717) is 5.92 Å². The first-order valence-corrected chi connectivity index (χ1v) is 4.93. The van der Waals surface area contributed by atoms with Gasteiger partial charge in [0.15, 0.2) is 0 Å². The summed E-state index contributed by atoms with van der Waals surface area (Å²) < 4.78 is 0. The summed E-state index contributed by atoms with van der Waals surface area (Å²) in [5.74, 6) is 0.316. The van der Waals surface area contributed by atoms with E-state index in [9.17, 15) is 5.11 Å². The Labute approximate surface area is 84.1 Å². The van der Waals surface area contributed by atoms with Crippen molar-refractivity contribution in [2.75, 3.05) is 6.61 Å². The minimum atomic E-state index is 0.0994. The zero-order chi connectivity index (χ0) is 9.97. The summed E-state index contributed by atoms with van der Waals surface area (Å²) in [5, 5.41) is 9.19. The fraction of sp³-hybridized carbons (Fsp3) is 0.333. The molecule has 0 aromatic heterocycles. The fourth-order valence-corrected chi connectivity index (χ4v) is 2.08. The molecule has 0 saturated heterocycles. The topological polar surface area (TPSA) is 46.2 Å². The number of benzene rings is 1. The van der Waals surface area contributed by atoms with E-state index < -0.39 is 0 Å². The van der Waals surface area contributed by atoms with E-state index in [-0.39, 0.29) is 12.6 Å². The van der Waals surface area contributed by atoms with Gasteiger partial charge in [0, 0.05) is 12.0 Å². The van der Waals surface area contributed by atoms with Crippen LogP contribution in [0.2, 0.25) is 0 Å². The zero-order valence-electron chi connectivity index (χ0n) is 8.06. The predicted molar refractivity (Wildman–Crippen MR) is 56.9 cm³/mol. The highest BCUT2D eigenvalue weighted by atomic mass is 16.3. The summed E-state index contributed by atoms with van der Waals surface area (Å²) >= 11 is 0. The van der Waals surface area contributed by atoms with Crippen LogP contribution in [-0.2, 0) is 0 Å². The van der Waals surface area contributed by atoms with Crippen molar-refractivity contribution in [1.29, 1.82) is 0 Å². The second kappa shape index (κ2) is 3.95. The minimum Gasteiger partial charge on any atom is -0.392 e. The van der Waals surface area contributed by atoms with Crippen LogP contribution in [0.25, 0.3) is 0 Å². The summed E-state index contributed by atoms with van der Waals surface area (Å²) in [6.07, 6.45) is 2.90. The van der Waals surface area contributed by atoms with E-state index in [1.807, 2.05) is 24.3 Å². The molecule has 0 aliphatic heterocycles. The maximum Gasteiger partial charge on any atom is 0.0648 e. The Morgan fingerprint density at radius 1 is 1.29 bits per heavy atom. The van der Waals surface area contributed by atoms with Gasteiger partial charge in [0.25, 0.3) is 0 Å². The molecule has 0 spiro atoms. The van der Waals surface area contributed by atoms with Crippen LogP contribution in [0.5, 0.6) is 0 Å². The van der Waals surface area contributed by atoms with Crippen LogP contribution < -0.4 is 5.73 Å². The summed E-state index contributed by atoms with van der Waals surface area (Å²) in [7, 11) is 0. The van der Waals surface area contributed by atoms with Crippen LogP contribution in [0.3, 0.4) is 0 Å². The van der Waals surface area contributed by atoms with Gasteiger partial charge in [0.1, 0.15) is 0 Å². The maximum absolute atomic E-state index is 9.19. The summed E-state index contributed by atoms with van der Waals surface area (Å²) in [4.78, 5) is 0. The Morgan fingerprint density at radius 3 is 2.64 bits per heavy atom. The lowest BCUT2D eigenvalue weighted by Crippen LogP contribution is -2.14. The molecule has 2 nitrogen and oxygen atoms in total. The molecule has 0 saturated carbocycles. The van der Waals surface area contributed by atoms with Crippen LogP contribution in [0, 0.1) is 0 Å². The van der Waals surface area contributed by atoms with E-state index in [4.69, 9.17) is 5.73 Å². The van der Waals surface area contributed by atoms with Gasteiger partial charge in [-0.3, -0.25) is 0 Å². The molecule has 2 heteroatoms. The number of hydrogen-bond acceptors (Lipinski definition) is 2. The number of aliphatic hydroxyl groups is 1. The van der Waals surface area contributed by atoms with Gasteiger partial charge in [-0.2, -0.15) is 0 Å². The van der Waals surface area contributed by atoms with Crippen molar-refractivity contribution in [3.05, 3.63) is 47.5 Å². The van der Waals surface area contributed by atoms with Crippen molar-refractivity contribution in [1.82, 2.24) is 0 Å². The smallest absolute Gasteiger partial charge is 0.0648 e. The highest BCUT2D eigenvalue weighted by Crippen LogP contribution is 2.33. The molecule has 0 amide bonds. The van der Waals surface area contributed by atoms with Gasteiger partial charge in [-0.05, 0) is 17.6 Å².